The molecule has 0 saturated carbocycles. The van der Waals surface area contributed by atoms with Gasteiger partial charge in [0.05, 0.1) is 34.3 Å². The highest BCUT2D eigenvalue weighted by Crippen LogP contribution is 2.32. The summed E-state index contributed by atoms with van der Waals surface area (Å²) >= 11 is 6.48. The molecule has 0 spiro atoms. The summed E-state index contributed by atoms with van der Waals surface area (Å²) in [6.45, 7) is 5.97. The molecule has 1 N–H and O–H groups in total. The Kier molecular flexibility index (Phi) is 5.23. The van der Waals surface area contributed by atoms with Crippen LogP contribution in [0.3, 0.4) is 0 Å². The van der Waals surface area contributed by atoms with Gasteiger partial charge < -0.3 is 15.1 Å². The van der Waals surface area contributed by atoms with E-state index in [1.165, 1.54) is 11.4 Å². The van der Waals surface area contributed by atoms with Gasteiger partial charge in [-0.05, 0) is 48.9 Å². The molecule has 0 atom stereocenters. The second kappa shape index (κ2) is 8.54. The maximum atomic E-state index is 6.48. The van der Waals surface area contributed by atoms with Crippen LogP contribution in [0.15, 0.2) is 79.3 Å². The number of hydrogen-bond acceptors (Lipinski definition) is 5. The topological polar surface area (TPSA) is 48.7 Å². The molecule has 0 bridgehead atoms. The van der Waals surface area contributed by atoms with E-state index in [2.05, 4.69) is 73.0 Å². The third kappa shape index (κ3) is 3.70. The fraction of sp³-hybridized carbons (Fsp3) is 0.185. The number of para-hydroxylation sites is 2. The first-order chi connectivity index (χ1) is 16.7. The molecule has 1 fully saturated rings. The van der Waals surface area contributed by atoms with E-state index < -0.39 is 0 Å². The fourth-order valence-corrected chi connectivity index (χ4v) is 4.97. The van der Waals surface area contributed by atoms with E-state index in [0.29, 0.717) is 5.02 Å². The molecule has 2 aromatic heterocycles. The number of nitrogens with zero attached hydrogens (tertiary/aromatic N) is 5. The Morgan fingerprint density at radius 3 is 2.35 bits per heavy atom. The molecule has 7 heteroatoms. The van der Waals surface area contributed by atoms with Gasteiger partial charge in [-0.2, -0.15) is 0 Å². The number of nitrogens with one attached hydrogen (secondary N) is 1. The largest absolute Gasteiger partial charge is 0.368 e. The van der Waals surface area contributed by atoms with Crippen molar-refractivity contribution in [3.05, 3.63) is 89.8 Å². The molecule has 0 unspecified atom stereocenters. The molecule has 1 aliphatic rings. The molecule has 3 aromatic carbocycles. The number of aryl methyl sites for hydroxylation is 1. The predicted molar refractivity (Wildman–Crippen MR) is 141 cm³/mol. The zero-order valence-electron chi connectivity index (χ0n) is 18.9. The molecule has 5 aromatic rings. The molecule has 3 heterocycles. The van der Waals surface area contributed by atoms with Crippen molar-refractivity contribution < 1.29 is 0 Å². The van der Waals surface area contributed by atoms with Crippen LogP contribution in [-0.2, 0) is 0 Å². The summed E-state index contributed by atoms with van der Waals surface area (Å²) in [5, 5.41) is 4.13. The first-order valence-corrected chi connectivity index (χ1v) is 11.9. The molecular formula is C27H25ClN6. The van der Waals surface area contributed by atoms with E-state index in [-0.39, 0.29) is 0 Å². The van der Waals surface area contributed by atoms with Crippen molar-refractivity contribution in [1.29, 1.82) is 0 Å². The number of halogens is 1. The van der Waals surface area contributed by atoms with Gasteiger partial charge in [-0.15, -0.1) is 0 Å². The van der Waals surface area contributed by atoms with Crippen LogP contribution in [0.4, 0.5) is 22.9 Å². The van der Waals surface area contributed by atoms with Crippen molar-refractivity contribution in [3.63, 3.8) is 0 Å². The van der Waals surface area contributed by atoms with Crippen LogP contribution in [-0.4, -0.2) is 40.5 Å². The Balaban J connectivity index is 1.33. The average molecular weight is 469 g/mol. The number of imidazole rings is 1. The molecular weight excluding hydrogens is 444 g/mol. The van der Waals surface area contributed by atoms with Crippen LogP contribution in [0.5, 0.6) is 0 Å². The molecule has 1 aliphatic heterocycles. The van der Waals surface area contributed by atoms with Gasteiger partial charge in [0, 0.05) is 37.6 Å². The third-order valence-electron chi connectivity index (χ3n) is 6.56. The number of aromatic nitrogens is 3. The number of rotatable bonds is 4. The van der Waals surface area contributed by atoms with Crippen LogP contribution in [0.1, 0.15) is 5.56 Å². The summed E-state index contributed by atoms with van der Waals surface area (Å²) in [5.41, 5.74) is 7.27. The van der Waals surface area contributed by atoms with Crippen molar-refractivity contribution in [2.75, 3.05) is 41.3 Å². The summed E-state index contributed by atoms with van der Waals surface area (Å²) in [6.07, 6.45) is 3.67. The van der Waals surface area contributed by atoms with E-state index in [9.17, 15) is 0 Å². The molecule has 6 nitrogen and oxygen atoms in total. The molecule has 6 rings (SSSR count). The minimum atomic E-state index is 0.671. The maximum Gasteiger partial charge on any atom is 0.157 e. The second-order valence-corrected chi connectivity index (χ2v) is 9.06. The first-order valence-electron chi connectivity index (χ1n) is 11.5. The Morgan fingerprint density at radius 1 is 0.824 bits per heavy atom. The number of piperazine rings is 1. The van der Waals surface area contributed by atoms with E-state index >= 15 is 0 Å². The Bertz CT molecular complexity index is 1450. The van der Waals surface area contributed by atoms with Crippen molar-refractivity contribution in [1.82, 2.24) is 14.4 Å². The van der Waals surface area contributed by atoms with Gasteiger partial charge in [0.1, 0.15) is 5.52 Å². The van der Waals surface area contributed by atoms with E-state index in [4.69, 9.17) is 16.6 Å². The number of hydrogen-bond donors (Lipinski definition) is 1. The van der Waals surface area contributed by atoms with Crippen LogP contribution in [0, 0.1) is 6.92 Å². The molecule has 0 aliphatic carbocycles. The smallest absolute Gasteiger partial charge is 0.157 e. The van der Waals surface area contributed by atoms with E-state index in [1.807, 2.05) is 37.6 Å². The Labute approximate surface area is 203 Å². The molecule has 0 radical (unpaired) electrons. The number of fused-ring (bicyclic) bond motifs is 3. The minimum Gasteiger partial charge on any atom is -0.368 e. The maximum absolute atomic E-state index is 6.48. The van der Waals surface area contributed by atoms with Gasteiger partial charge in [0.25, 0.3) is 0 Å². The van der Waals surface area contributed by atoms with Crippen LogP contribution < -0.4 is 15.1 Å². The summed E-state index contributed by atoms with van der Waals surface area (Å²) in [5.74, 6) is 0.743. The molecule has 0 amide bonds. The fourth-order valence-electron chi connectivity index (χ4n) is 4.70. The monoisotopic (exact) mass is 468 g/mol. The highest BCUT2D eigenvalue weighted by molar-refractivity contribution is 6.33. The van der Waals surface area contributed by atoms with Crippen molar-refractivity contribution in [3.8, 4) is 0 Å². The van der Waals surface area contributed by atoms with Crippen molar-refractivity contribution in [2.24, 2.45) is 0 Å². The van der Waals surface area contributed by atoms with Crippen molar-refractivity contribution in [2.45, 2.75) is 6.92 Å². The normalized spacial score (nSPS) is 14.2. The summed E-state index contributed by atoms with van der Waals surface area (Å²) < 4.78 is 2.08. The minimum absolute atomic E-state index is 0.671. The van der Waals surface area contributed by atoms with Crippen molar-refractivity contribution >= 4 is 51.0 Å². The molecule has 1 saturated heterocycles. The zero-order chi connectivity index (χ0) is 23.1. The highest BCUT2D eigenvalue weighted by atomic mass is 35.5. The molecule has 170 valence electrons. The zero-order valence-corrected chi connectivity index (χ0v) is 19.7. The average Bonchev–Trinajstić information content (AvgIpc) is 3.37. The van der Waals surface area contributed by atoms with Gasteiger partial charge in [0.2, 0.25) is 0 Å². The SMILES string of the molecule is Cc1cccc(Cl)c1Nc1nc2cc(N3CCN(c4ccccc4)CC3)ccc2n2cncc12. The van der Waals surface area contributed by atoms with Crippen LogP contribution >= 0.6 is 11.6 Å². The van der Waals surface area contributed by atoms with E-state index in [0.717, 1.165) is 59.8 Å². The van der Waals surface area contributed by atoms with Crippen LogP contribution in [0.25, 0.3) is 16.6 Å². The van der Waals surface area contributed by atoms with Gasteiger partial charge >= 0.3 is 0 Å². The van der Waals surface area contributed by atoms with Gasteiger partial charge in [-0.3, -0.25) is 4.40 Å². The molecule has 34 heavy (non-hydrogen) atoms. The van der Waals surface area contributed by atoms with Gasteiger partial charge in [-0.1, -0.05) is 41.9 Å². The lowest BCUT2D eigenvalue weighted by Gasteiger charge is -2.37. The van der Waals surface area contributed by atoms with Crippen LogP contribution in [0.2, 0.25) is 5.02 Å². The summed E-state index contributed by atoms with van der Waals surface area (Å²) in [7, 11) is 0. The third-order valence-corrected chi connectivity index (χ3v) is 6.88. The lowest BCUT2D eigenvalue weighted by molar-refractivity contribution is 0.654. The first kappa shape index (κ1) is 20.8. The highest BCUT2D eigenvalue weighted by Gasteiger charge is 2.19. The summed E-state index contributed by atoms with van der Waals surface area (Å²) in [6, 6.07) is 23.0. The van der Waals surface area contributed by atoms with Gasteiger partial charge in [0.15, 0.2) is 5.82 Å². The Morgan fingerprint density at radius 2 is 1.59 bits per heavy atom. The number of anilines is 4. The van der Waals surface area contributed by atoms with E-state index in [1.54, 1.807) is 0 Å². The Hall–Kier alpha value is -3.77. The lowest BCUT2D eigenvalue weighted by Crippen LogP contribution is -2.46. The predicted octanol–water partition coefficient (Wildman–Crippen LogP) is 5.91. The second-order valence-electron chi connectivity index (χ2n) is 8.65. The standard InChI is InChI=1S/C27H25ClN6/c1-19-6-5-9-22(28)26(19)31-27-25-17-29-18-34(25)24-11-10-21(16-23(24)30-27)33-14-12-32(13-15-33)20-7-3-2-4-8-20/h2-11,16-18H,12-15H2,1H3,(H,30,31). The lowest BCUT2D eigenvalue weighted by atomic mass is 10.2. The summed E-state index contributed by atoms with van der Waals surface area (Å²) in [4.78, 5) is 14.3. The quantitative estimate of drug-likeness (QED) is 0.355. The van der Waals surface area contributed by atoms with Gasteiger partial charge in [-0.25, -0.2) is 9.97 Å². The number of benzene rings is 3.